The lowest BCUT2D eigenvalue weighted by Gasteiger charge is -2.32. The summed E-state index contributed by atoms with van der Waals surface area (Å²) < 4.78 is 5.79. The largest absolute Gasteiger partial charge is 0.470 e. The lowest BCUT2D eigenvalue weighted by atomic mass is 10.1. The Bertz CT molecular complexity index is 728. The van der Waals surface area contributed by atoms with Gasteiger partial charge in [-0.25, -0.2) is 14.8 Å². The highest BCUT2D eigenvalue weighted by Crippen LogP contribution is 2.18. The minimum atomic E-state index is -0.185. The van der Waals surface area contributed by atoms with Gasteiger partial charge in [-0.3, -0.25) is 0 Å². The molecule has 0 saturated carbocycles. The zero-order chi connectivity index (χ0) is 16.8. The van der Waals surface area contributed by atoms with Gasteiger partial charge in [-0.1, -0.05) is 6.07 Å². The minimum absolute atomic E-state index is 0.101. The molecule has 0 aliphatic carbocycles. The van der Waals surface area contributed by atoms with Crippen molar-refractivity contribution in [1.29, 1.82) is 5.26 Å². The number of nitrogens with one attached hydrogen (secondary N) is 1. The molecule has 2 aromatic rings. The summed E-state index contributed by atoms with van der Waals surface area (Å²) in [5.41, 5.74) is 0.164. The number of carbonyl (C=O) groups is 1. The first-order valence-electron chi connectivity index (χ1n) is 7.69. The molecule has 0 aromatic carbocycles. The Kier molecular flexibility index (Phi) is 5.23. The fourth-order valence-corrected chi connectivity index (χ4v) is 3.20. The molecule has 0 spiro atoms. The van der Waals surface area contributed by atoms with Crippen molar-refractivity contribution in [3.05, 3.63) is 40.5 Å². The van der Waals surface area contributed by atoms with Gasteiger partial charge in [0.15, 0.2) is 0 Å². The van der Waals surface area contributed by atoms with Gasteiger partial charge < -0.3 is 15.0 Å². The normalized spacial score (nSPS) is 17.1. The van der Waals surface area contributed by atoms with Crippen molar-refractivity contribution in [3.8, 4) is 11.9 Å². The number of ether oxygens (including phenoxy) is 1. The first kappa shape index (κ1) is 16.2. The summed E-state index contributed by atoms with van der Waals surface area (Å²) >= 11 is 1.61. The van der Waals surface area contributed by atoms with E-state index in [1.54, 1.807) is 16.2 Å². The van der Waals surface area contributed by atoms with Crippen LogP contribution in [0.25, 0.3) is 0 Å². The van der Waals surface area contributed by atoms with Crippen molar-refractivity contribution in [1.82, 2.24) is 20.2 Å². The van der Waals surface area contributed by atoms with Crippen LogP contribution in [0.15, 0.2) is 29.9 Å². The van der Waals surface area contributed by atoms with E-state index in [4.69, 9.17) is 10.00 Å². The molecule has 0 bridgehead atoms. The SMILES string of the molecule is N#Cc1nccnc1OC1CCCN(C(=O)NCc2cccs2)C1. The second-order valence-corrected chi connectivity index (χ2v) is 6.42. The highest BCUT2D eigenvalue weighted by molar-refractivity contribution is 7.09. The molecule has 124 valence electrons. The smallest absolute Gasteiger partial charge is 0.317 e. The second kappa shape index (κ2) is 7.75. The molecule has 1 aliphatic rings. The van der Waals surface area contributed by atoms with E-state index in [-0.39, 0.29) is 23.7 Å². The number of carbonyl (C=O) groups excluding carboxylic acids is 1. The van der Waals surface area contributed by atoms with Crippen LogP contribution in [0.4, 0.5) is 4.79 Å². The van der Waals surface area contributed by atoms with Crippen LogP contribution in [0.3, 0.4) is 0 Å². The number of piperidine rings is 1. The first-order chi connectivity index (χ1) is 11.8. The van der Waals surface area contributed by atoms with Crippen molar-refractivity contribution in [2.24, 2.45) is 0 Å². The molecule has 7 nitrogen and oxygen atoms in total. The molecule has 3 heterocycles. The van der Waals surface area contributed by atoms with Crippen molar-refractivity contribution in [2.45, 2.75) is 25.5 Å². The lowest BCUT2D eigenvalue weighted by Crippen LogP contribution is -2.48. The molecule has 8 heteroatoms. The number of amides is 2. The van der Waals surface area contributed by atoms with E-state index in [0.717, 1.165) is 17.7 Å². The monoisotopic (exact) mass is 343 g/mol. The molecular weight excluding hydrogens is 326 g/mol. The van der Waals surface area contributed by atoms with E-state index in [1.807, 2.05) is 23.6 Å². The third-order valence-electron chi connectivity index (χ3n) is 3.71. The maximum absolute atomic E-state index is 12.3. The number of urea groups is 1. The van der Waals surface area contributed by atoms with Gasteiger partial charge in [0.2, 0.25) is 5.69 Å². The number of hydrogen-bond acceptors (Lipinski definition) is 6. The van der Waals surface area contributed by atoms with E-state index in [1.165, 1.54) is 12.4 Å². The van der Waals surface area contributed by atoms with Gasteiger partial charge in [0, 0.05) is 23.8 Å². The second-order valence-electron chi connectivity index (χ2n) is 5.39. The van der Waals surface area contributed by atoms with Gasteiger partial charge in [0.05, 0.1) is 13.1 Å². The van der Waals surface area contributed by atoms with Gasteiger partial charge in [-0.2, -0.15) is 5.26 Å². The van der Waals surface area contributed by atoms with E-state index in [9.17, 15) is 4.79 Å². The minimum Gasteiger partial charge on any atom is -0.470 e. The Labute approximate surface area is 143 Å². The predicted molar refractivity (Wildman–Crippen MR) is 88.5 cm³/mol. The average molecular weight is 343 g/mol. The molecule has 2 aromatic heterocycles. The summed E-state index contributed by atoms with van der Waals surface area (Å²) in [6, 6.07) is 5.82. The number of likely N-dealkylation sites (tertiary alicyclic amines) is 1. The molecular formula is C16H17N5O2S. The molecule has 1 aliphatic heterocycles. The number of nitrogens with zero attached hydrogens (tertiary/aromatic N) is 4. The number of nitriles is 1. The van der Waals surface area contributed by atoms with Crippen molar-refractivity contribution in [2.75, 3.05) is 13.1 Å². The fourth-order valence-electron chi connectivity index (χ4n) is 2.55. The Balaban J connectivity index is 1.56. The standard InChI is InChI=1S/C16H17N5O2S/c17-9-14-15(19-6-5-18-14)23-12-3-1-7-21(11-12)16(22)20-10-13-4-2-8-24-13/h2,4-6,8,12H,1,3,7,10-11H2,(H,20,22). The summed E-state index contributed by atoms with van der Waals surface area (Å²) in [6.07, 6.45) is 4.42. The van der Waals surface area contributed by atoms with E-state index in [2.05, 4.69) is 15.3 Å². The maximum atomic E-state index is 12.3. The van der Waals surface area contributed by atoms with Gasteiger partial charge >= 0.3 is 6.03 Å². The third-order valence-corrected chi connectivity index (χ3v) is 4.58. The molecule has 1 atom stereocenters. The van der Waals surface area contributed by atoms with Crippen LogP contribution in [-0.2, 0) is 6.54 Å². The molecule has 1 fully saturated rings. The van der Waals surface area contributed by atoms with Crippen LogP contribution >= 0.6 is 11.3 Å². The third kappa shape index (κ3) is 4.00. The van der Waals surface area contributed by atoms with Crippen molar-refractivity contribution in [3.63, 3.8) is 0 Å². The van der Waals surface area contributed by atoms with Gasteiger partial charge in [-0.15, -0.1) is 11.3 Å². The Morgan fingerprint density at radius 3 is 3.17 bits per heavy atom. The number of aromatic nitrogens is 2. The predicted octanol–water partition coefficient (Wildman–Crippen LogP) is 2.16. The summed E-state index contributed by atoms with van der Waals surface area (Å²) in [6.45, 7) is 1.70. The first-order valence-corrected chi connectivity index (χ1v) is 8.57. The van der Waals surface area contributed by atoms with Crippen LogP contribution < -0.4 is 10.1 Å². The molecule has 1 unspecified atom stereocenters. The summed E-state index contributed by atoms with van der Waals surface area (Å²) in [7, 11) is 0. The summed E-state index contributed by atoms with van der Waals surface area (Å²) in [4.78, 5) is 23.1. The van der Waals surface area contributed by atoms with Crippen LogP contribution in [0.1, 0.15) is 23.4 Å². The lowest BCUT2D eigenvalue weighted by molar-refractivity contribution is 0.0971. The van der Waals surface area contributed by atoms with E-state index >= 15 is 0 Å². The number of thiophene rings is 1. The molecule has 3 rings (SSSR count). The summed E-state index contributed by atoms with van der Waals surface area (Å²) in [5, 5.41) is 14.0. The Morgan fingerprint density at radius 2 is 2.38 bits per heavy atom. The summed E-state index contributed by atoms with van der Waals surface area (Å²) in [5.74, 6) is 0.228. The molecule has 0 radical (unpaired) electrons. The van der Waals surface area contributed by atoms with Crippen LogP contribution in [-0.4, -0.2) is 40.1 Å². The van der Waals surface area contributed by atoms with E-state index in [0.29, 0.717) is 19.6 Å². The van der Waals surface area contributed by atoms with Gasteiger partial charge in [0.25, 0.3) is 5.88 Å². The van der Waals surface area contributed by atoms with Crippen LogP contribution in [0, 0.1) is 11.3 Å². The fraction of sp³-hybridized carbons (Fsp3) is 0.375. The molecule has 1 N–H and O–H groups in total. The maximum Gasteiger partial charge on any atom is 0.317 e. The molecule has 1 saturated heterocycles. The van der Waals surface area contributed by atoms with Gasteiger partial charge in [-0.05, 0) is 24.3 Å². The molecule has 24 heavy (non-hydrogen) atoms. The molecule has 2 amide bonds. The van der Waals surface area contributed by atoms with Crippen molar-refractivity contribution < 1.29 is 9.53 Å². The Hall–Kier alpha value is -2.66. The van der Waals surface area contributed by atoms with Crippen molar-refractivity contribution >= 4 is 17.4 Å². The number of rotatable bonds is 4. The zero-order valence-corrected chi connectivity index (χ0v) is 13.8. The van der Waals surface area contributed by atoms with Gasteiger partial charge in [0.1, 0.15) is 12.2 Å². The van der Waals surface area contributed by atoms with Crippen LogP contribution in [0.5, 0.6) is 5.88 Å². The Morgan fingerprint density at radius 1 is 1.50 bits per heavy atom. The topological polar surface area (TPSA) is 91.1 Å². The zero-order valence-electron chi connectivity index (χ0n) is 13.0. The highest BCUT2D eigenvalue weighted by atomic mass is 32.1. The average Bonchev–Trinajstić information content (AvgIpc) is 3.14. The highest BCUT2D eigenvalue weighted by Gasteiger charge is 2.26. The van der Waals surface area contributed by atoms with E-state index < -0.39 is 0 Å². The quantitative estimate of drug-likeness (QED) is 0.918. The number of hydrogen-bond donors (Lipinski definition) is 1. The van der Waals surface area contributed by atoms with Crippen LogP contribution in [0.2, 0.25) is 0 Å².